The second-order valence-corrected chi connectivity index (χ2v) is 3.15. The van der Waals surface area contributed by atoms with Crippen LogP contribution in [0.5, 0.6) is 5.75 Å². The Morgan fingerprint density at radius 3 is 2.93 bits per heavy atom. The van der Waals surface area contributed by atoms with Gasteiger partial charge < -0.3 is 10.5 Å². The first kappa shape index (κ1) is 10.7. The van der Waals surface area contributed by atoms with Crippen molar-refractivity contribution in [3.63, 3.8) is 0 Å². The summed E-state index contributed by atoms with van der Waals surface area (Å²) >= 11 is 0. The largest absolute Gasteiger partial charge is 0.489 e. The average molecular weight is 195 g/mol. The second kappa shape index (κ2) is 4.77. The molecule has 0 amide bonds. The van der Waals surface area contributed by atoms with Gasteiger partial charge >= 0.3 is 0 Å². The number of hydrogen-bond donors (Lipinski definition) is 1. The number of hydrogen-bond acceptors (Lipinski definition) is 2. The van der Waals surface area contributed by atoms with E-state index in [9.17, 15) is 4.39 Å². The molecule has 0 aliphatic carbocycles. The van der Waals surface area contributed by atoms with Crippen molar-refractivity contribution in [3.8, 4) is 5.75 Å². The smallest absolute Gasteiger partial charge is 0.126 e. The lowest BCUT2D eigenvalue weighted by Crippen LogP contribution is -2.10. The number of rotatable bonds is 4. The van der Waals surface area contributed by atoms with E-state index in [-0.39, 0.29) is 5.82 Å². The van der Waals surface area contributed by atoms with Crippen molar-refractivity contribution in [1.82, 2.24) is 0 Å². The summed E-state index contributed by atoms with van der Waals surface area (Å²) in [5, 5.41) is 0. The van der Waals surface area contributed by atoms with Gasteiger partial charge in [-0.2, -0.15) is 0 Å². The van der Waals surface area contributed by atoms with Crippen LogP contribution >= 0.6 is 0 Å². The lowest BCUT2D eigenvalue weighted by Gasteiger charge is -2.09. The molecule has 0 radical (unpaired) electrons. The second-order valence-electron chi connectivity index (χ2n) is 3.15. The monoisotopic (exact) mass is 195 g/mol. The number of nitrogens with two attached hydrogens (primary N) is 1. The summed E-state index contributed by atoms with van der Waals surface area (Å²) in [6.45, 7) is 6.28. The quantitative estimate of drug-likeness (QED) is 0.746. The molecule has 0 spiro atoms. The molecular formula is C11H14FNO. The Morgan fingerprint density at radius 2 is 2.29 bits per heavy atom. The van der Waals surface area contributed by atoms with Gasteiger partial charge in [0.1, 0.15) is 18.2 Å². The van der Waals surface area contributed by atoms with E-state index in [0.717, 1.165) is 11.1 Å². The molecule has 0 saturated carbocycles. The van der Waals surface area contributed by atoms with E-state index in [0.29, 0.717) is 18.9 Å². The van der Waals surface area contributed by atoms with E-state index in [1.807, 2.05) is 6.92 Å². The summed E-state index contributed by atoms with van der Waals surface area (Å²) in [6.07, 6.45) is 0. The first-order valence-electron chi connectivity index (χ1n) is 4.39. The van der Waals surface area contributed by atoms with Crippen molar-refractivity contribution in [2.75, 3.05) is 13.2 Å². The van der Waals surface area contributed by atoms with E-state index >= 15 is 0 Å². The van der Waals surface area contributed by atoms with Gasteiger partial charge in [-0.1, -0.05) is 12.6 Å². The molecule has 1 aromatic rings. The minimum absolute atomic E-state index is 0.302. The van der Waals surface area contributed by atoms with Crippen molar-refractivity contribution in [1.29, 1.82) is 0 Å². The third-order valence-electron chi connectivity index (χ3n) is 1.87. The first-order chi connectivity index (χ1) is 6.63. The van der Waals surface area contributed by atoms with Crippen LogP contribution in [0, 0.1) is 12.7 Å². The molecule has 2 N–H and O–H groups in total. The highest BCUT2D eigenvalue weighted by Crippen LogP contribution is 2.18. The van der Waals surface area contributed by atoms with E-state index < -0.39 is 0 Å². The van der Waals surface area contributed by atoms with E-state index in [4.69, 9.17) is 10.5 Å². The maximum Gasteiger partial charge on any atom is 0.126 e. The fourth-order valence-electron chi connectivity index (χ4n) is 0.968. The van der Waals surface area contributed by atoms with Gasteiger partial charge in [-0.25, -0.2) is 4.39 Å². The molecule has 0 aliphatic rings. The Kier molecular flexibility index (Phi) is 3.65. The maximum atomic E-state index is 12.8. The number of aryl methyl sites for hydroxylation is 1. The summed E-state index contributed by atoms with van der Waals surface area (Å²) in [5.41, 5.74) is 7.04. The summed E-state index contributed by atoms with van der Waals surface area (Å²) < 4.78 is 18.2. The van der Waals surface area contributed by atoms with Gasteiger partial charge in [0.25, 0.3) is 0 Å². The van der Waals surface area contributed by atoms with Crippen LogP contribution in [0.25, 0.3) is 0 Å². The van der Waals surface area contributed by atoms with Crippen LogP contribution in [-0.4, -0.2) is 13.2 Å². The summed E-state index contributed by atoms with van der Waals surface area (Å²) in [4.78, 5) is 0. The van der Waals surface area contributed by atoms with Crippen LogP contribution in [0.15, 0.2) is 30.4 Å². The van der Waals surface area contributed by atoms with Crippen molar-refractivity contribution in [2.45, 2.75) is 6.92 Å². The SMILES string of the molecule is C=C(CN)COc1cc(F)ccc1C. The Balaban J connectivity index is 2.66. The van der Waals surface area contributed by atoms with Gasteiger partial charge in [0.05, 0.1) is 0 Å². The van der Waals surface area contributed by atoms with Crippen LogP contribution in [0.2, 0.25) is 0 Å². The van der Waals surface area contributed by atoms with Crippen molar-refractivity contribution >= 4 is 0 Å². The highest BCUT2D eigenvalue weighted by molar-refractivity contribution is 5.32. The minimum atomic E-state index is -0.302. The topological polar surface area (TPSA) is 35.2 Å². The molecule has 0 heterocycles. The number of halogens is 1. The predicted molar refractivity (Wildman–Crippen MR) is 54.8 cm³/mol. The lowest BCUT2D eigenvalue weighted by molar-refractivity contribution is 0.346. The van der Waals surface area contributed by atoms with Gasteiger partial charge in [-0.05, 0) is 24.1 Å². The number of benzene rings is 1. The molecule has 0 bridgehead atoms. The van der Waals surface area contributed by atoms with Gasteiger partial charge in [-0.15, -0.1) is 0 Å². The molecule has 0 saturated heterocycles. The molecule has 0 atom stereocenters. The number of ether oxygens (including phenoxy) is 1. The highest BCUT2D eigenvalue weighted by atomic mass is 19.1. The fraction of sp³-hybridized carbons (Fsp3) is 0.273. The summed E-state index contributed by atoms with van der Waals surface area (Å²) in [7, 11) is 0. The molecule has 3 heteroatoms. The lowest BCUT2D eigenvalue weighted by atomic mass is 10.2. The zero-order valence-electron chi connectivity index (χ0n) is 8.22. The molecule has 2 nitrogen and oxygen atoms in total. The Morgan fingerprint density at radius 1 is 1.57 bits per heavy atom. The average Bonchev–Trinajstić information content (AvgIpc) is 2.19. The normalized spacial score (nSPS) is 9.93. The van der Waals surface area contributed by atoms with Crippen LogP contribution in [0.3, 0.4) is 0 Å². The van der Waals surface area contributed by atoms with Crippen molar-refractivity contribution in [2.24, 2.45) is 5.73 Å². The minimum Gasteiger partial charge on any atom is -0.489 e. The van der Waals surface area contributed by atoms with Crippen LogP contribution in [-0.2, 0) is 0 Å². The Labute approximate surface area is 83.2 Å². The van der Waals surface area contributed by atoms with E-state index in [1.54, 1.807) is 6.07 Å². The van der Waals surface area contributed by atoms with Crippen LogP contribution in [0.1, 0.15) is 5.56 Å². The first-order valence-corrected chi connectivity index (χ1v) is 4.39. The third kappa shape index (κ3) is 2.85. The maximum absolute atomic E-state index is 12.8. The highest BCUT2D eigenvalue weighted by Gasteiger charge is 2.01. The van der Waals surface area contributed by atoms with Gasteiger partial charge in [0.2, 0.25) is 0 Å². The molecule has 0 fully saturated rings. The van der Waals surface area contributed by atoms with E-state index in [1.165, 1.54) is 12.1 Å². The standard InChI is InChI=1S/C11H14FNO/c1-8(6-13)7-14-11-5-10(12)4-3-9(11)2/h3-5H,1,6-7,13H2,2H3. The predicted octanol–water partition coefficient (Wildman–Crippen LogP) is 2.03. The van der Waals surface area contributed by atoms with Gasteiger partial charge in [0, 0.05) is 12.6 Å². The molecule has 0 aliphatic heterocycles. The molecule has 76 valence electrons. The molecule has 1 aromatic carbocycles. The summed E-state index contributed by atoms with van der Waals surface area (Å²) in [5.74, 6) is 0.239. The van der Waals surface area contributed by atoms with Gasteiger partial charge in [0.15, 0.2) is 0 Å². The molecule has 0 unspecified atom stereocenters. The van der Waals surface area contributed by atoms with Gasteiger partial charge in [-0.3, -0.25) is 0 Å². The zero-order chi connectivity index (χ0) is 10.6. The van der Waals surface area contributed by atoms with Crippen molar-refractivity contribution < 1.29 is 9.13 Å². The zero-order valence-corrected chi connectivity index (χ0v) is 8.22. The van der Waals surface area contributed by atoms with Crippen LogP contribution < -0.4 is 10.5 Å². The third-order valence-corrected chi connectivity index (χ3v) is 1.87. The van der Waals surface area contributed by atoms with E-state index in [2.05, 4.69) is 6.58 Å². The fourth-order valence-corrected chi connectivity index (χ4v) is 0.968. The molecule has 1 rings (SSSR count). The Bertz CT molecular complexity index is 336. The summed E-state index contributed by atoms with van der Waals surface area (Å²) in [6, 6.07) is 4.44. The molecular weight excluding hydrogens is 181 g/mol. The molecule has 0 aromatic heterocycles. The van der Waals surface area contributed by atoms with Crippen molar-refractivity contribution in [3.05, 3.63) is 41.7 Å². The Hall–Kier alpha value is -1.35. The molecule has 14 heavy (non-hydrogen) atoms. The van der Waals surface area contributed by atoms with Crippen LogP contribution in [0.4, 0.5) is 4.39 Å².